The first kappa shape index (κ1) is 18.0. The van der Waals surface area contributed by atoms with Gasteiger partial charge in [-0.3, -0.25) is 4.79 Å². The number of thiazole rings is 1. The Labute approximate surface area is 171 Å². The van der Waals surface area contributed by atoms with E-state index in [0.29, 0.717) is 29.7 Å². The molecule has 1 amide bonds. The molecule has 146 valence electrons. The minimum Gasteiger partial charge on any atom is -0.381 e. The Bertz CT molecular complexity index is 1020. The van der Waals surface area contributed by atoms with Gasteiger partial charge in [-0.25, -0.2) is 4.98 Å². The fourth-order valence-electron chi connectivity index (χ4n) is 3.81. The van der Waals surface area contributed by atoms with Crippen LogP contribution < -0.4 is 5.32 Å². The Kier molecular flexibility index (Phi) is 4.74. The van der Waals surface area contributed by atoms with Gasteiger partial charge in [0.05, 0.1) is 18.8 Å². The van der Waals surface area contributed by atoms with Crippen LogP contribution in [0.3, 0.4) is 0 Å². The minimum absolute atomic E-state index is 0.0176. The molecular weight excluding hydrogens is 396 g/mol. The molecule has 0 bridgehead atoms. The molecule has 4 heterocycles. The van der Waals surface area contributed by atoms with Crippen LogP contribution in [0.5, 0.6) is 0 Å². The molecule has 0 saturated carbocycles. The molecule has 5 rings (SSSR count). The second kappa shape index (κ2) is 7.39. The number of rotatable bonds is 4. The number of nitrogens with one attached hydrogen (secondary N) is 2. The van der Waals surface area contributed by atoms with E-state index in [2.05, 4.69) is 10.3 Å². The monoisotopic (exact) mass is 416 g/mol. The van der Waals surface area contributed by atoms with Crippen molar-refractivity contribution >= 4 is 44.9 Å². The summed E-state index contributed by atoms with van der Waals surface area (Å²) in [6, 6.07) is 7.50. The highest BCUT2D eigenvalue weighted by atomic mass is 35.5. The summed E-state index contributed by atoms with van der Waals surface area (Å²) < 4.78 is 5.43. The van der Waals surface area contributed by atoms with Gasteiger partial charge in [-0.2, -0.15) is 0 Å². The fraction of sp³-hybridized carbons (Fsp3) is 0.400. The van der Waals surface area contributed by atoms with Gasteiger partial charge in [-0.05, 0) is 24.6 Å². The predicted octanol–water partition coefficient (Wildman–Crippen LogP) is 3.92. The molecule has 28 heavy (non-hydrogen) atoms. The molecule has 8 heteroatoms. The van der Waals surface area contributed by atoms with Gasteiger partial charge in [0.25, 0.3) is 5.91 Å². The quantitative estimate of drug-likeness (QED) is 0.676. The van der Waals surface area contributed by atoms with Gasteiger partial charge in [-0.1, -0.05) is 29.0 Å². The third-order valence-corrected chi connectivity index (χ3v) is 6.67. The number of aromatic nitrogens is 2. The van der Waals surface area contributed by atoms with Crippen molar-refractivity contribution in [2.75, 3.05) is 31.6 Å². The van der Waals surface area contributed by atoms with Gasteiger partial charge in [0.2, 0.25) is 0 Å². The number of nitrogens with zero attached hydrogens (tertiary/aromatic N) is 2. The summed E-state index contributed by atoms with van der Waals surface area (Å²) in [7, 11) is 0. The second-order valence-electron chi connectivity index (χ2n) is 7.39. The molecule has 2 aliphatic heterocycles. The highest BCUT2D eigenvalue weighted by Gasteiger charge is 2.26. The smallest absolute Gasteiger partial charge is 0.270 e. The first-order valence-electron chi connectivity index (χ1n) is 9.53. The van der Waals surface area contributed by atoms with Gasteiger partial charge >= 0.3 is 0 Å². The molecule has 1 saturated heterocycles. The van der Waals surface area contributed by atoms with Crippen molar-refractivity contribution in [1.29, 1.82) is 0 Å². The van der Waals surface area contributed by atoms with Crippen LogP contribution in [0.15, 0.2) is 24.3 Å². The zero-order chi connectivity index (χ0) is 19.1. The Hall–Kier alpha value is -2.09. The summed E-state index contributed by atoms with van der Waals surface area (Å²) in [4.78, 5) is 24.0. The number of anilines is 1. The van der Waals surface area contributed by atoms with Gasteiger partial charge in [0, 0.05) is 52.8 Å². The van der Waals surface area contributed by atoms with E-state index in [0.717, 1.165) is 54.3 Å². The van der Waals surface area contributed by atoms with Crippen molar-refractivity contribution in [3.05, 3.63) is 45.6 Å². The molecule has 2 aliphatic rings. The number of benzene rings is 1. The van der Waals surface area contributed by atoms with E-state index in [1.165, 1.54) is 4.88 Å². The van der Waals surface area contributed by atoms with E-state index >= 15 is 0 Å². The Morgan fingerprint density at radius 1 is 1.43 bits per heavy atom. The number of halogens is 1. The molecule has 1 unspecified atom stereocenters. The first-order chi connectivity index (χ1) is 13.7. The summed E-state index contributed by atoms with van der Waals surface area (Å²) in [6.07, 6.45) is 1.90. The number of hydrogen-bond donors (Lipinski definition) is 2. The maximum atomic E-state index is 13.0. The highest BCUT2D eigenvalue weighted by Crippen LogP contribution is 2.30. The normalized spacial score (nSPS) is 19.2. The van der Waals surface area contributed by atoms with Crippen molar-refractivity contribution in [3.8, 4) is 0 Å². The standard InChI is InChI=1S/C20H21ClN4O2S/c21-14-2-1-13-7-17(23-16(13)8-14)19(26)25-5-3-15-18(10-25)28-20(24-15)22-9-12-4-6-27-11-12/h1-2,7-8,12,23H,3-6,9-11H2,(H,22,24). The maximum Gasteiger partial charge on any atom is 0.270 e. The summed E-state index contributed by atoms with van der Waals surface area (Å²) >= 11 is 7.71. The number of amides is 1. The van der Waals surface area contributed by atoms with Crippen LogP contribution in [0.4, 0.5) is 5.13 Å². The maximum absolute atomic E-state index is 13.0. The van der Waals surface area contributed by atoms with Crippen LogP contribution in [0.25, 0.3) is 10.9 Å². The van der Waals surface area contributed by atoms with Crippen LogP contribution in [-0.2, 0) is 17.7 Å². The van der Waals surface area contributed by atoms with E-state index in [1.807, 2.05) is 29.2 Å². The lowest BCUT2D eigenvalue weighted by Gasteiger charge is -2.25. The SMILES string of the molecule is O=C(c1cc2ccc(Cl)cc2[nH]1)N1CCc2nc(NCC3CCOC3)sc2C1. The van der Waals surface area contributed by atoms with Gasteiger partial charge in [0.1, 0.15) is 5.69 Å². The summed E-state index contributed by atoms with van der Waals surface area (Å²) in [5.74, 6) is 0.582. The second-order valence-corrected chi connectivity index (χ2v) is 8.91. The molecule has 0 aliphatic carbocycles. The Balaban J connectivity index is 1.28. The Morgan fingerprint density at radius 3 is 3.21 bits per heavy atom. The average Bonchev–Trinajstić information content (AvgIpc) is 3.43. The molecular formula is C20H21ClN4O2S. The number of hydrogen-bond acceptors (Lipinski definition) is 5. The number of H-pyrrole nitrogens is 1. The first-order valence-corrected chi connectivity index (χ1v) is 10.7. The number of carbonyl (C=O) groups excluding carboxylic acids is 1. The highest BCUT2D eigenvalue weighted by molar-refractivity contribution is 7.15. The minimum atomic E-state index is 0.0176. The topological polar surface area (TPSA) is 70.2 Å². The predicted molar refractivity (Wildman–Crippen MR) is 111 cm³/mol. The summed E-state index contributed by atoms with van der Waals surface area (Å²) in [6.45, 7) is 3.87. The lowest BCUT2D eigenvalue weighted by molar-refractivity contribution is 0.0731. The van der Waals surface area contributed by atoms with E-state index in [1.54, 1.807) is 11.3 Å². The molecule has 1 atom stereocenters. The molecule has 6 nitrogen and oxygen atoms in total. The van der Waals surface area contributed by atoms with E-state index in [4.69, 9.17) is 21.3 Å². The molecule has 1 aromatic carbocycles. The zero-order valence-electron chi connectivity index (χ0n) is 15.3. The van der Waals surface area contributed by atoms with Crippen LogP contribution in [0, 0.1) is 5.92 Å². The molecule has 1 fully saturated rings. The molecule has 2 N–H and O–H groups in total. The average molecular weight is 417 g/mol. The molecule has 2 aromatic heterocycles. The number of aromatic amines is 1. The number of fused-ring (bicyclic) bond motifs is 2. The van der Waals surface area contributed by atoms with Crippen LogP contribution in [-0.4, -0.2) is 47.1 Å². The molecule has 0 spiro atoms. The van der Waals surface area contributed by atoms with Gasteiger partial charge in [0.15, 0.2) is 5.13 Å². The van der Waals surface area contributed by atoms with Crippen molar-refractivity contribution in [1.82, 2.24) is 14.9 Å². The molecule has 0 radical (unpaired) electrons. The van der Waals surface area contributed by atoms with E-state index < -0.39 is 0 Å². The van der Waals surface area contributed by atoms with Crippen molar-refractivity contribution in [3.63, 3.8) is 0 Å². The van der Waals surface area contributed by atoms with Gasteiger partial charge in [-0.15, -0.1) is 0 Å². The third-order valence-electron chi connectivity index (χ3n) is 5.40. The van der Waals surface area contributed by atoms with Gasteiger partial charge < -0.3 is 19.9 Å². The Morgan fingerprint density at radius 2 is 2.36 bits per heavy atom. The fourth-order valence-corrected chi connectivity index (χ4v) is 5.01. The summed E-state index contributed by atoms with van der Waals surface area (Å²) in [5, 5.41) is 6.05. The van der Waals surface area contributed by atoms with Crippen LogP contribution in [0.1, 0.15) is 27.5 Å². The van der Waals surface area contributed by atoms with E-state index in [9.17, 15) is 4.79 Å². The van der Waals surface area contributed by atoms with Crippen LogP contribution >= 0.6 is 22.9 Å². The van der Waals surface area contributed by atoms with Crippen molar-refractivity contribution in [2.45, 2.75) is 19.4 Å². The summed E-state index contributed by atoms with van der Waals surface area (Å²) in [5.41, 5.74) is 2.60. The lowest BCUT2D eigenvalue weighted by atomic mass is 10.1. The van der Waals surface area contributed by atoms with Crippen LogP contribution in [0.2, 0.25) is 5.02 Å². The molecule has 3 aromatic rings. The number of ether oxygens (including phenoxy) is 1. The largest absolute Gasteiger partial charge is 0.381 e. The number of carbonyl (C=O) groups is 1. The lowest BCUT2D eigenvalue weighted by Crippen LogP contribution is -2.35. The van der Waals surface area contributed by atoms with Crippen molar-refractivity contribution in [2.24, 2.45) is 5.92 Å². The van der Waals surface area contributed by atoms with Crippen molar-refractivity contribution < 1.29 is 9.53 Å². The van der Waals surface area contributed by atoms with E-state index in [-0.39, 0.29) is 5.91 Å². The zero-order valence-corrected chi connectivity index (χ0v) is 16.9. The third kappa shape index (κ3) is 3.50.